The molecule has 31 heavy (non-hydrogen) atoms. The van der Waals surface area contributed by atoms with Crippen molar-refractivity contribution < 1.29 is 23.4 Å². The number of carboxylic acid groups (broad SMARTS) is 1. The van der Waals surface area contributed by atoms with Crippen molar-refractivity contribution in [2.24, 2.45) is 11.1 Å². The van der Waals surface area contributed by atoms with Crippen molar-refractivity contribution in [3.05, 3.63) is 33.9 Å². The number of hydrogen-bond acceptors (Lipinski definition) is 5. The number of anilines is 1. The van der Waals surface area contributed by atoms with Gasteiger partial charge in [-0.05, 0) is 18.9 Å². The molecule has 3 N–H and O–H groups in total. The summed E-state index contributed by atoms with van der Waals surface area (Å²) < 4.78 is 36.5. The molecule has 166 valence electrons. The van der Waals surface area contributed by atoms with Gasteiger partial charge < -0.3 is 25.0 Å². The minimum absolute atomic E-state index is 0.107. The fraction of sp³-hybridized carbons (Fsp3) is 0.545. The van der Waals surface area contributed by atoms with Crippen LogP contribution in [0.1, 0.15) is 49.0 Å². The third kappa shape index (κ3) is 2.71. The van der Waals surface area contributed by atoms with Crippen molar-refractivity contribution >= 4 is 22.6 Å². The van der Waals surface area contributed by atoms with Gasteiger partial charge in [-0.2, -0.15) is 0 Å². The summed E-state index contributed by atoms with van der Waals surface area (Å²) in [6.07, 6.45) is 2.98. The Bertz CT molecular complexity index is 1160. The van der Waals surface area contributed by atoms with Gasteiger partial charge in [-0.15, -0.1) is 0 Å². The van der Waals surface area contributed by atoms with Crippen molar-refractivity contribution in [1.29, 1.82) is 0 Å². The molecule has 1 aliphatic heterocycles. The van der Waals surface area contributed by atoms with E-state index in [2.05, 4.69) is 6.92 Å². The van der Waals surface area contributed by atoms with Crippen molar-refractivity contribution in [1.82, 2.24) is 4.57 Å². The first kappa shape index (κ1) is 20.2. The van der Waals surface area contributed by atoms with E-state index in [0.717, 1.165) is 31.5 Å². The molecule has 3 fully saturated rings. The van der Waals surface area contributed by atoms with E-state index in [1.165, 1.54) is 11.7 Å². The molecule has 2 aliphatic carbocycles. The second-order valence-corrected chi connectivity index (χ2v) is 9.47. The molecule has 0 bridgehead atoms. The molecule has 0 radical (unpaired) electrons. The molecule has 9 heteroatoms. The lowest BCUT2D eigenvalue weighted by Gasteiger charge is -2.31. The first-order chi connectivity index (χ1) is 14.6. The van der Waals surface area contributed by atoms with Crippen LogP contribution in [0.4, 0.5) is 14.5 Å². The molecule has 1 aromatic carbocycles. The van der Waals surface area contributed by atoms with E-state index >= 15 is 4.39 Å². The Morgan fingerprint density at radius 2 is 2.06 bits per heavy atom. The van der Waals surface area contributed by atoms with E-state index in [0.29, 0.717) is 13.1 Å². The molecular formula is C22H25F2N3O4. The first-order valence-corrected chi connectivity index (χ1v) is 10.5. The maximum absolute atomic E-state index is 15.5. The monoisotopic (exact) mass is 433 g/mol. The number of aromatic carboxylic acids is 1. The number of nitrogens with zero attached hydrogens (tertiary/aromatic N) is 2. The quantitative estimate of drug-likeness (QED) is 0.770. The molecule has 4 atom stereocenters. The topological polar surface area (TPSA) is 97.8 Å². The molecule has 2 aromatic rings. The number of ether oxygens (including phenoxy) is 1. The third-order valence-corrected chi connectivity index (χ3v) is 7.55. The zero-order chi connectivity index (χ0) is 22.3. The Balaban J connectivity index is 1.77. The third-order valence-electron chi connectivity index (χ3n) is 7.55. The Morgan fingerprint density at radius 3 is 2.65 bits per heavy atom. The number of aromatic nitrogens is 1. The number of halogens is 2. The Morgan fingerprint density at radius 1 is 1.35 bits per heavy atom. The summed E-state index contributed by atoms with van der Waals surface area (Å²) in [6, 6.07) is 0.429. The summed E-state index contributed by atoms with van der Waals surface area (Å²) in [5.41, 5.74) is 5.12. The van der Waals surface area contributed by atoms with E-state index in [1.54, 1.807) is 0 Å². The summed E-state index contributed by atoms with van der Waals surface area (Å²) >= 11 is 0. The molecule has 2 saturated carbocycles. The molecule has 0 amide bonds. The molecule has 2 heterocycles. The number of methoxy groups -OCH3 is 1. The molecule has 1 aromatic heterocycles. The number of carboxylic acids is 1. The van der Waals surface area contributed by atoms with E-state index in [-0.39, 0.29) is 34.2 Å². The highest BCUT2D eigenvalue weighted by atomic mass is 19.1. The van der Waals surface area contributed by atoms with Gasteiger partial charge in [0, 0.05) is 36.7 Å². The highest BCUT2D eigenvalue weighted by molar-refractivity contribution is 5.97. The number of pyridine rings is 1. The minimum Gasteiger partial charge on any atom is -0.492 e. The average Bonchev–Trinajstić information content (AvgIpc) is 3.26. The van der Waals surface area contributed by atoms with Crippen molar-refractivity contribution in [2.45, 2.75) is 50.4 Å². The lowest BCUT2D eigenvalue weighted by molar-refractivity contribution is 0.0694. The number of fused-ring (bicyclic) bond motifs is 2. The van der Waals surface area contributed by atoms with Crippen molar-refractivity contribution in [3.8, 4) is 5.75 Å². The van der Waals surface area contributed by atoms with Crippen LogP contribution in [-0.4, -0.2) is 47.6 Å². The number of alkyl halides is 1. The average molecular weight is 433 g/mol. The van der Waals surface area contributed by atoms with Gasteiger partial charge in [-0.3, -0.25) is 4.79 Å². The summed E-state index contributed by atoms with van der Waals surface area (Å²) in [5.74, 6) is -2.02. The van der Waals surface area contributed by atoms with E-state index in [1.807, 2.05) is 4.90 Å². The molecule has 1 saturated heterocycles. The molecular weight excluding hydrogens is 408 g/mol. The van der Waals surface area contributed by atoms with Gasteiger partial charge in [0.1, 0.15) is 17.4 Å². The maximum Gasteiger partial charge on any atom is 0.341 e. The fourth-order valence-corrected chi connectivity index (χ4v) is 5.61. The lowest BCUT2D eigenvalue weighted by Crippen LogP contribution is -2.49. The molecule has 0 spiro atoms. The largest absolute Gasteiger partial charge is 0.492 e. The van der Waals surface area contributed by atoms with Crippen LogP contribution >= 0.6 is 0 Å². The smallest absolute Gasteiger partial charge is 0.341 e. The van der Waals surface area contributed by atoms with Crippen molar-refractivity contribution in [2.75, 3.05) is 25.1 Å². The van der Waals surface area contributed by atoms with Crippen LogP contribution in [-0.2, 0) is 0 Å². The Kier molecular flexibility index (Phi) is 4.19. The predicted octanol–water partition coefficient (Wildman–Crippen LogP) is 2.84. The van der Waals surface area contributed by atoms with Crippen molar-refractivity contribution in [3.63, 3.8) is 0 Å². The van der Waals surface area contributed by atoms with Crippen LogP contribution in [0.3, 0.4) is 0 Å². The molecule has 5 rings (SSSR count). The van der Waals surface area contributed by atoms with Gasteiger partial charge in [0.2, 0.25) is 5.43 Å². The highest BCUT2D eigenvalue weighted by Gasteiger charge is 2.56. The Hall–Kier alpha value is -2.68. The van der Waals surface area contributed by atoms with E-state index in [9.17, 15) is 19.1 Å². The molecule has 3 aliphatic rings. The number of benzene rings is 1. The van der Waals surface area contributed by atoms with Gasteiger partial charge in [0.15, 0.2) is 11.6 Å². The maximum atomic E-state index is 15.5. The van der Waals surface area contributed by atoms with Crippen LogP contribution in [0.2, 0.25) is 0 Å². The van der Waals surface area contributed by atoms with Crippen LogP contribution in [0.15, 0.2) is 17.1 Å². The van der Waals surface area contributed by atoms with Gasteiger partial charge in [-0.25, -0.2) is 13.6 Å². The second kappa shape index (κ2) is 6.41. The predicted molar refractivity (Wildman–Crippen MR) is 111 cm³/mol. The Labute approximate surface area is 177 Å². The van der Waals surface area contributed by atoms with E-state index in [4.69, 9.17) is 10.5 Å². The summed E-state index contributed by atoms with van der Waals surface area (Å²) in [4.78, 5) is 26.3. The summed E-state index contributed by atoms with van der Waals surface area (Å²) in [5, 5.41) is 9.30. The van der Waals surface area contributed by atoms with E-state index < -0.39 is 40.5 Å². The van der Waals surface area contributed by atoms with Crippen LogP contribution in [0.5, 0.6) is 5.75 Å². The van der Waals surface area contributed by atoms with Crippen LogP contribution in [0.25, 0.3) is 10.9 Å². The van der Waals surface area contributed by atoms with Crippen LogP contribution in [0, 0.1) is 11.2 Å². The fourth-order valence-electron chi connectivity index (χ4n) is 5.61. The number of nitrogens with two attached hydrogens (primary N) is 1. The second-order valence-electron chi connectivity index (χ2n) is 9.47. The summed E-state index contributed by atoms with van der Waals surface area (Å²) in [6.45, 7) is 3.09. The zero-order valence-electron chi connectivity index (χ0n) is 17.5. The zero-order valence-corrected chi connectivity index (χ0v) is 17.5. The first-order valence-electron chi connectivity index (χ1n) is 10.5. The SMILES string of the molecule is COc1c(N2CC3(C)CCCC3(N)C2)c(F)cc2c(=O)c(C(=O)O)cn([C@@H]3C[C@@H]3F)c12. The number of hydrogen-bond donors (Lipinski definition) is 2. The van der Waals surface area contributed by atoms with Crippen LogP contribution < -0.4 is 20.8 Å². The van der Waals surface area contributed by atoms with Gasteiger partial charge >= 0.3 is 5.97 Å². The van der Waals surface area contributed by atoms with Gasteiger partial charge in [-0.1, -0.05) is 13.3 Å². The number of rotatable bonds is 4. The normalized spacial score (nSPS) is 31.8. The minimum atomic E-state index is -1.44. The van der Waals surface area contributed by atoms with Gasteiger partial charge in [0.05, 0.1) is 24.1 Å². The summed E-state index contributed by atoms with van der Waals surface area (Å²) in [7, 11) is 1.37. The highest BCUT2D eigenvalue weighted by Crippen LogP contribution is 2.53. The standard InChI is InChI=1S/C22H25F2N3O4/c1-21-4-3-5-22(21,25)10-26(9-21)17-14(24)6-11-16(19(17)31-2)27(15-7-13(15)23)8-12(18(11)28)20(29)30/h6,8,13,15H,3-5,7,9-10,25H2,1-2H3,(H,29,30)/t13-,15+,21?,22?/m0/s1. The lowest BCUT2D eigenvalue weighted by atomic mass is 9.77. The number of carbonyl (C=O) groups is 1. The molecule has 2 unspecified atom stereocenters. The van der Waals surface area contributed by atoms with Gasteiger partial charge in [0.25, 0.3) is 0 Å². The molecule has 7 nitrogen and oxygen atoms in total.